The molecule has 0 spiro atoms. The third kappa shape index (κ3) is 3.05. The van der Waals surface area contributed by atoms with Gasteiger partial charge in [-0.25, -0.2) is 4.79 Å². The van der Waals surface area contributed by atoms with Crippen LogP contribution in [0.5, 0.6) is 0 Å². The smallest absolute Gasteiger partial charge is 0.315 e. The quantitative estimate of drug-likeness (QED) is 0.769. The van der Waals surface area contributed by atoms with Crippen LogP contribution in [0.4, 0.5) is 4.79 Å². The van der Waals surface area contributed by atoms with Gasteiger partial charge in [0.05, 0.1) is 0 Å². The molecule has 0 radical (unpaired) electrons. The molecular weight excluding hydrogens is 340 g/mol. The lowest BCUT2D eigenvalue weighted by molar-refractivity contribution is -0.0135. The summed E-state index contributed by atoms with van der Waals surface area (Å²) in [5.74, 6) is 2.54. The first-order chi connectivity index (χ1) is 12.7. The van der Waals surface area contributed by atoms with Gasteiger partial charge >= 0.3 is 6.03 Å². The van der Waals surface area contributed by atoms with E-state index >= 15 is 0 Å². The van der Waals surface area contributed by atoms with Gasteiger partial charge < -0.3 is 10.6 Å². The molecule has 4 bridgehead atoms. The van der Waals surface area contributed by atoms with Crippen molar-refractivity contribution in [3.8, 4) is 11.1 Å². The molecule has 2 amide bonds. The summed E-state index contributed by atoms with van der Waals surface area (Å²) in [5.41, 5.74) is 3.69. The van der Waals surface area contributed by atoms with Gasteiger partial charge in [-0.3, -0.25) is 0 Å². The summed E-state index contributed by atoms with van der Waals surface area (Å²) in [6.45, 7) is 0.574. The highest BCUT2D eigenvalue weighted by Crippen LogP contribution is 2.55. The van der Waals surface area contributed by atoms with E-state index in [0.717, 1.165) is 17.8 Å². The van der Waals surface area contributed by atoms with Crippen LogP contribution in [0.2, 0.25) is 0 Å². The average Bonchev–Trinajstić information content (AvgIpc) is 3.13. The predicted octanol–water partition coefficient (Wildman–Crippen LogP) is 5.18. The normalized spacial score (nSPS) is 31.8. The number of benzene rings is 1. The molecule has 4 aliphatic rings. The van der Waals surface area contributed by atoms with Crippen molar-refractivity contribution in [2.75, 3.05) is 0 Å². The predicted molar refractivity (Wildman–Crippen MR) is 106 cm³/mol. The number of hydrogen-bond donors (Lipinski definition) is 2. The maximum Gasteiger partial charge on any atom is 0.315 e. The lowest BCUT2D eigenvalue weighted by Gasteiger charge is -2.56. The number of nitrogens with one attached hydrogen (secondary N) is 2. The number of carbonyl (C=O) groups is 1. The Balaban J connectivity index is 1.25. The Morgan fingerprint density at radius 3 is 2.38 bits per heavy atom. The molecule has 3 nitrogen and oxygen atoms in total. The average molecular weight is 367 g/mol. The first-order valence-corrected chi connectivity index (χ1v) is 10.8. The first kappa shape index (κ1) is 16.4. The molecule has 4 aliphatic carbocycles. The molecule has 0 aliphatic heterocycles. The summed E-state index contributed by atoms with van der Waals surface area (Å²) < 4.78 is 0. The van der Waals surface area contributed by atoms with Crippen LogP contribution >= 0.6 is 11.3 Å². The van der Waals surface area contributed by atoms with Crippen molar-refractivity contribution < 1.29 is 4.79 Å². The van der Waals surface area contributed by atoms with E-state index in [-0.39, 0.29) is 11.6 Å². The number of thiophene rings is 1. The topological polar surface area (TPSA) is 41.1 Å². The highest BCUT2D eigenvalue weighted by atomic mass is 32.1. The Morgan fingerprint density at radius 2 is 1.73 bits per heavy atom. The van der Waals surface area contributed by atoms with Gasteiger partial charge in [-0.2, -0.15) is 11.3 Å². The van der Waals surface area contributed by atoms with Gasteiger partial charge in [0.1, 0.15) is 0 Å². The molecule has 0 atom stereocenters. The van der Waals surface area contributed by atoms with Crippen molar-refractivity contribution >= 4 is 17.4 Å². The van der Waals surface area contributed by atoms with Gasteiger partial charge in [-0.05, 0) is 89.8 Å². The fourth-order valence-electron chi connectivity index (χ4n) is 6.10. The fourth-order valence-corrected chi connectivity index (χ4v) is 6.75. The van der Waals surface area contributed by atoms with E-state index in [2.05, 4.69) is 45.7 Å². The molecule has 1 heterocycles. The summed E-state index contributed by atoms with van der Waals surface area (Å²) >= 11 is 1.70. The second-order valence-electron chi connectivity index (χ2n) is 8.67. The van der Waals surface area contributed by atoms with Crippen LogP contribution in [-0.4, -0.2) is 11.6 Å². The summed E-state index contributed by atoms with van der Waals surface area (Å²) in [4.78, 5) is 12.7. The van der Waals surface area contributed by atoms with Crippen molar-refractivity contribution in [1.82, 2.24) is 10.6 Å². The Hall–Kier alpha value is -1.81. The molecule has 1 aromatic carbocycles. The zero-order valence-corrected chi connectivity index (χ0v) is 15.9. The largest absolute Gasteiger partial charge is 0.334 e. The van der Waals surface area contributed by atoms with Crippen LogP contribution in [0, 0.1) is 17.8 Å². The molecule has 2 N–H and O–H groups in total. The minimum Gasteiger partial charge on any atom is -0.334 e. The van der Waals surface area contributed by atoms with Gasteiger partial charge in [0.2, 0.25) is 0 Å². The number of rotatable bonds is 4. The van der Waals surface area contributed by atoms with E-state index in [1.807, 2.05) is 6.07 Å². The summed E-state index contributed by atoms with van der Waals surface area (Å²) in [7, 11) is 0. The SMILES string of the molecule is O=C(NCc1ccccc1-c1ccsc1)NC12CC3CC(CC(C3)C1)C2. The van der Waals surface area contributed by atoms with Gasteiger partial charge in [-0.15, -0.1) is 0 Å². The van der Waals surface area contributed by atoms with Gasteiger partial charge in [0.15, 0.2) is 0 Å². The third-order valence-electron chi connectivity index (χ3n) is 6.71. The lowest BCUT2D eigenvalue weighted by atomic mass is 9.53. The van der Waals surface area contributed by atoms with E-state index < -0.39 is 0 Å². The molecular formula is C22H26N2OS. The van der Waals surface area contributed by atoms with Crippen molar-refractivity contribution in [1.29, 1.82) is 0 Å². The first-order valence-electron chi connectivity index (χ1n) is 9.86. The number of hydrogen-bond acceptors (Lipinski definition) is 2. The molecule has 6 rings (SSSR count). The zero-order chi connectivity index (χ0) is 17.6. The van der Waals surface area contributed by atoms with Crippen LogP contribution < -0.4 is 10.6 Å². The molecule has 4 fully saturated rings. The zero-order valence-electron chi connectivity index (χ0n) is 15.0. The fraction of sp³-hybridized carbons (Fsp3) is 0.500. The monoisotopic (exact) mass is 366 g/mol. The summed E-state index contributed by atoms with van der Waals surface area (Å²) in [5, 5.41) is 10.8. The van der Waals surface area contributed by atoms with Crippen LogP contribution in [-0.2, 0) is 6.54 Å². The van der Waals surface area contributed by atoms with Gasteiger partial charge in [-0.1, -0.05) is 24.3 Å². The van der Waals surface area contributed by atoms with Crippen LogP contribution in [0.25, 0.3) is 11.1 Å². The van der Waals surface area contributed by atoms with Crippen molar-refractivity contribution in [3.05, 3.63) is 46.7 Å². The highest BCUT2D eigenvalue weighted by Gasteiger charge is 2.51. The standard InChI is InChI=1S/C22H26N2OS/c25-21(24-22-10-15-7-16(11-22)9-17(8-15)12-22)23-13-18-3-1-2-4-20(18)19-5-6-26-14-19/h1-6,14-17H,7-13H2,(H2,23,24,25). The van der Waals surface area contributed by atoms with E-state index in [1.165, 1.54) is 55.2 Å². The molecule has 0 unspecified atom stereocenters. The van der Waals surface area contributed by atoms with Crippen molar-refractivity contribution in [3.63, 3.8) is 0 Å². The van der Waals surface area contributed by atoms with Gasteiger partial charge in [0.25, 0.3) is 0 Å². The lowest BCUT2D eigenvalue weighted by Crippen LogP contribution is -2.61. The summed E-state index contributed by atoms with van der Waals surface area (Å²) in [6.07, 6.45) is 7.78. The van der Waals surface area contributed by atoms with Crippen LogP contribution in [0.15, 0.2) is 41.1 Å². The maximum absolute atomic E-state index is 12.7. The van der Waals surface area contributed by atoms with Crippen molar-refractivity contribution in [2.45, 2.75) is 50.6 Å². The Bertz CT molecular complexity index is 763. The molecule has 1 aromatic heterocycles. The van der Waals surface area contributed by atoms with E-state index in [1.54, 1.807) is 11.3 Å². The van der Waals surface area contributed by atoms with Crippen molar-refractivity contribution in [2.24, 2.45) is 17.8 Å². The number of carbonyl (C=O) groups excluding carboxylic acids is 1. The third-order valence-corrected chi connectivity index (χ3v) is 7.39. The van der Waals surface area contributed by atoms with E-state index in [4.69, 9.17) is 0 Å². The highest BCUT2D eigenvalue weighted by molar-refractivity contribution is 7.08. The second-order valence-corrected chi connectivity index (χ2v) is 9.45. The molecule has 26 heavy (non-hydrogen) atoms. The molecule has 0 saturated heterocycles. The molecule has 4 saturated carbocycles. The minimum absolute atomic E-state index is 0.00655. The Morgan fingerprint density at radius 1 is 1.04 bits per heavy atom. The summed E-state index contributed by atoms with van der Waals surface area (Å²) in [6, 6.07) is 10.5. The van der Waals surface area contributed by atoms with Crippen LogP contribution in [0.1, 0.15) is 44.1 Å². The minimum atomic E-state index is 0.00655. The van der Waals surface area contributed by atoms with Gasteiger partial charge in [0, 0.05) is 12.1 Å². The molecule has 4 heteroatoms. The number of urea groups is 1. The molecule has 136 valence electrons. The van der Waals surface area contributed by atoms with E-state index in [0.29, 0.717) is 6.54 Å². The molecule has 2 aromatic rings. The number of amides is 2. The van der Waals surface area contributed by atoms with Crippen LogP contribution in [0.3, 0.4) is 0 Å². The Kier molecular flexibility index (Phi) is 4.04. The van der Waals surface area contributed by atoms with E-state index in [9.17, 15) is 4.79 Å². The maximum atomic E-state index is 12.7. The Labute approximate surface area is 159 Å². The second kappa shape index (κ2) is 6.41.